The van der Waals surface area contributed by atoms with Gasteiger partial charge in [-0.15, -0.1) is 0 Å². The Labute approximate surface area is 129 Å². The van der Waals surface area contributed by atoms with Crippen molar-refractivity contribution in [2.24, 2.45) is 0 Å². The normalized spacial score (nSPS) is 17.1. The first kappa shape index (κ1) is 13.8. The van der Waals surface area contributed by atoms with Crippen LogP contribution in [0.2, 0.25) is 5.02 Å². The van der Waals surface area contributed by atoms with Gasteiger partial charge in [-0.05, 0) is 58.1 Å². The van der Waals surface area contributed by atoms with Gasteiger partial charge < -0.3 is 5.32 Å². The summed E-state index contributed by atoms with van der Waals surface area (Å²) in [5.41, 5.74) is 2.55. The van der Waals surface area contributed by atoms with Gasteiger partial charge in [0.05, 0.1) is 10.2 Å². The van der Waals surface area contributed by atoms with Crippen LogP contribution in [0.5, 0.6) is 0 Å². The summed E-state index contributed by atoms with van der Waals surface area (Å²) in [7, 11) is 0. The minimum Gasteiger partial charge on any atom is -0.379 e. The van der Waals surface area contributed by atoms with E-state index in [1.165, 1.54) is 11.6 Å². The lowest BCUT2D eigenvalue weighted by atomic mass is 10.1. The minimum atomic E-state index is -0.479. The van der Waals surface area contributed by atoms with Crippen LogP contribution in [0.1, 0.15) is 11.1 Å². The van der Waals surface area contributed by atoms with E-state index in [-0.39, 0.29) is 16.2 Å². The number of benzene rings is 2. The monoisotopic (exact) mass is 357 g/mol. The largest absolute Gasteiger partial charge is 0.379 e. The molecule has 0 aromatic heterocycles. The van der Waals surface area contributed by atoms with Crippen LogP contribution in [0.15, 0.2) is 34.8 Å². The van der Waals surface area contributed by atoms with Crippen molar-refractivity contribution < 1.29 is 8.78 Å². The van der Waals surface area contributed by atoms with E-state index in [2.05, 4.69) is 21.2 Å². The van der Waals surface area contributed by atoms with Gasteiger partial charge in [0.2, 0.25) is 0 Å². The number of anilines is 1. The molecule has 1 nitrogen and oxygen atoms in total. The van der Waals surface area contributed by atoms with Gasteiger partial charge in [0, 0.05) is 17.1 Å². The van der Waals surface area contributed by atoms with Gasteiger partial charge in [-0.2, -0.15) is 0 Å². The van der Waals surface area contributed by atoms with E-state index in [0.29, 0.717) is 5.02 Å². The zero-order valence-electron chi connectivity index (χ0n) is 10.4. The van der Waals surface area contributed by atoms with E-state index in [9.17, 15) is 8.78 Å². The third-order valence-corrected chi connectivity index (χ3v) is 4.31. The maximum atomic E-state index is 13.8. The van der Waals surface area contributed by atoms with E-state index < -0.39 is 11.6 Å². The molecule has 0 saturated heterocycles. The molecule has 1 N–H and O–H groups in total. The summed E-state index contributed by atoms with van der Waals surface area (Å²) < 4.78 is 27.4. The highest BCUT2D eigenvalue weighted by Crippen LogP contribution is 2.29. The summed E-state index contributed by atoms with van der Waals surface area (Å²) in [4.78, 5) is 0. The Hall–Kier alpha value is -1.13. The zero-order chi connectivity index (χ0) is 14.3. The molecule has 20 heavy (non-hydrogen) atoms. The Kier molecular flexibility index (Phi) is 3.69. The molecule has 0 aliphatic heterocycles. The Morgan fingerprint density at radius 1 is 1.05 bits per heavy atom. The van der Waals surface area contributed by atoms with Gasteiger partial charge in [-0.1, -0.05) is 17.7 Å². The van der Waals surface area contributed by atoms with Crippen molar-refractivity contribution >= 4 is 33.2 Å². The molecule has 0 fully saturated rings. The molecule has 0 saturated carbocycles. The predicted octanol–water partition coefficient (Wildman–Crippen LogP) is 4.96. The number of fused-ring (bicyclic) bond motifs is 1. The van der Waals surface area contributed by atoms with Crippen LogP contribution in [-0.2, 0) is 12.8 Å². The maximum absolute atomic E-state index is 13.8. The molecule has 2 aromatic carbocycles. The number of hydrogen-bond donors (Lipinski definition) is 1. The SMILES string of the molecule is Fc1cc(NC2Cc3ccc(Cl)cc3C2)c(F)cc1Br. The molecule has 0 heterocycles. The second-order valence-electron chi connectivity index (χ2n) is 4.91. The van der Waals surface area contributed by atoms with Gasteiger partial charge >= 0.3 is 0 Å². The molecular formula is C15H11BrClF2N. The molecule has 0 radical (unpaired) electrons. The fraction of sp³-hybridized carbons (Fsp3) is 0.200. The topological polar surface area (TPSA) is 12.0 Å². The van der Waals surface area contributed by atoms with Crippen molar-refractivity contribution in [2.45, 2.75) is 18.9 Å². The maximum Gasteiger partial charge on any atom is 0.147 e. The van der Waals surface area contributed by atoms with Crippen LogP contribution < -0.4 is 5.32 Å². The fourth-order valence-electron chi connectivity index (χ4n) is 2.54. The Bertz CT molecular complexity index is 675. The van der Waals surface area contributed by atoms with Crippen LogP contribution in [0, 0.1) is 11.6 Å². The van der Waals surface area contributed by atoms with E-state index in [0.717, 1.165) is 24.5 Å². The van der Waals surface area contributed by atoms with Crippen LogP contribution in [0.3, 0.4) is 0 Å². The van der Waals surface area contributed by atoms with Gasteiger partial charge in [0.15, 0.2) is 0 Å². The summed E-state index contributed by atoms with van der Waals surface area (Å²) in [5, 5.41) is 3.76. The van der Waals surface area contributed by atoms with Gasteiger partial charge in [0.25, 0.3) is 0 Å². The Morgan fingerprint density at radius 2 is 1.80 bits per heavy atom. The van der Waals surface area contributed by atoms with Crippen LogP contribution in [0.4, 0.5) is 14.5 Å². The highest BCUT2D eigenvalue weighted by molar-refractivity contribution is 9.10. The van der Waals surface area contributed by atoms with E-state index >= 15 is 0 Å². The first-order valence-electron chi connectivity index (χ1n) is 6.21. The summed E-state index contributed by atoms with van der Waals surface area (Å²) in [6, 6.07) is 8.13. The Balaban J connectivity index is 1.80. The zero-order valence-corrected chi connectivity index (χ0v) is 12.7. The van der Waals surface area contributed by atoms with Crippen molar-refractivity contribution in [1.82, 2.24) is 0 Å². The molecule has 0 bridgehead atoms. The molecular weight excluding hydrogens is 348 g/mol. The quantitative estimate of drug-likeness (QED) is 0.748. The van der Waals surface area contributed by atoms with Crippen molar-refractivity contribution in [1.29, 1.82) is 0 Å². The first-order valence-corrected chi connectivity index (χ1v) is 7.38. The van der Waals surface area contributed by atoms with E-state index in [1.807, 2.05) is 18.2 Å². The second kappa shape index (κ2) is 5.34. The average Bonchev–Trinajstić information content (AvgIpc) is 2.77. The van der Waals surface area contributed by atoms with Crippen LogP contribution >= 0.6 is 27.5 Å². The first-order chi connectivity index (χ1) is 9.52. The smallest absolute Gasteiger partial charge is 0.147 e. The molecule has 5 heteroatoms. The van der Waals surface area contributed by atoms with E-state index in [1.54, 1.807) is 0 Å². The van der Waals surface area contributed by atoms with Crippen molar-refractivity contribution in [3.05, 3.63) is 62.6 Å². The number of rotatable bonds is 2. The summed E-state index contributed by atoms with van der Waals surface area (Å²) in [6.45, 7) is 0. The Morgan fingerprint density at radius 3 is 2.60 bits per heavy atom. The predicted molar refractivity (Wildman–Crippen MR) is 80.3 cm³/mol. The van der Waals surface area contributed by atoms with Crippen LogP contribution in [-0.4, -0.2) is 6.04 Å². The summed E-state index contributed by atoms with van der Waals surface area (Å²) in [5.74, 6) is -0.945. The molecule has 1 aliphatic rings. The molecule has 1 unspecified atom stereocenters. The molecule has 1 atom stereocenters. The van der Waals surface area contributed by atoms with Crippen molar-refractivity contribution in [3.8, 4) is 0 Å². The average molecular weight is 359 g/mol. The van der Waals surface area contributed by atoms with E-state index in [4.69, 9.17) is 11.6 Å². The number of nitrogens with one attached hydrogen (secondary N) is 1. The second-order valence-corrected chi connectivity index (χ2v) is 6.20. The van der Waals surface area contributed by atoms with Gasteiger partial charge in [0.1, 0.15) is 11.6 Å². The molecule has 1 aliphatic carbocycles. The van der Waals surface area contributed by atoms with Crippen molar-refractivity contribution in [2.75, 3.05) is 5.32 Å². The highest BCUT2D eigenvalue weighted by Gasteiger charge is 2.22. The van der Waals surface area contributed by atoms with Crippen molar-refractivity contribution in [3.63, 3.8) is 0 Å². The summed E-state index contributed by atoms with van der Waals surface area (Å²) in [6.07, 6.45) is 1.54. The molecule has 2 aromatic rings. The molecule has 3 rings (SSSR count). The van der Waals surface area contributed by atoms with Crippen LogP contribution in [0.25, 0.3) is 0 Å². The molecule has 104 valence electrons. The number of hydrogen-bond acceptors (Lipinski definition) is 1. The lowest BCUT2D eigenvalue weighted by molar-refractivity contribution is 0.593. The highest BCUT2D eigenvalue weighted by atomic mass is 79.9. The fourth-order valence-corrected chi connectivity index (χ4v) is 3.05. The third kappa shape index (κ3) is 2.67. The third-order valence-electron chi connectivity index (χ3n) is 3.47. The molecule has 0 spiro atoms. The summed E-state index contributed by atoms with van der Waals surface area (Å²) >= 11 is 8.93. The van der Waals surface area contributed by atoms with Gasteiger partial charge in [-0.25, -0.2) is 8.78 Å². The lowest BCUT2D eigenvalue weighted by Crippen LogP contribution is -2.20. The number of halogens is 4. The standard InChI is InChI=1S/C15H11BrClF2N/c16-12-6-14(19)15(7-13(12)18)20-11-4-8-1-2-10(17)3-9(8)5-11/h1-3,6-7,11,20H,4-5H2. The van der Waals surface area contributed by atoms with Gasteiger partial charge in [-0.3, -0.25) is 0 Å². The minimum absolute atomic E-state index is 0.0542. The molecule has 0 amide bonds. The lowest BCUT2D eigenvalue weighted by Gasteiger charge is -2.14.